The van der Waals surface area contributed by atoms with E-state index in [-0.39, 0.29) is 11.4 Å². The summed E-state index contributed by atoms with van der Waals surface area (Å²) in [6.45, 7) is -0.729. The van der Waals surface area contributed by atoms with Crippen LogP contribution in [0.2, 0.25) is 0 Å². The summed E-state index contributed by atoms with van der Waals surface area (Å²) in [5.41, 5.74) is -0.250. The average Bonchev–Trinajstić information content (AvgIpc) is 2.63. The largest absolute Gasteiger partial charge is 0.443 e. The van der Waals surface area contributed by atoms with Crippen molar-refractivity contribution in [2.45, 2.75) is 6.73 Å². The van der Waals surface area contributed by atoms with Gasteiger partial charge in [-0.3, -0.25) is 4.52 Å². The molecule has 1 N–H and O–H groups in total. The zero-order valence-electron chi connectivity index (χ0n) is 7.85. The minimum absolute atomic E-state index is 0.250. The Labute approximate surface area is 87.5 Å². The smallest absolute Gasteiger partial charge is 0.376 e. The topological polar surface area (TPSA) is 68.3 Å². The Bertz CT molecular complexity index is 576. The molecule has 0 fully saturated rings. The lowest BCUT2D eigenvalue weighted by Gasteiger charge is -2.02. The third-order valence-electron chi connectivity index (χ3n) is 2.02. The number of aliphatic hydroxyl groups is 1. The van der Waals surface area contributed by atoms with Crippen LogP contribution in [-0.2, 0) is 6.73 Å². The van der Waals surface area contributed by atoms with Crippen molar-refractivity contribution in [2.75, 3.05) is 0 Å². The quantitative estimate of drug-likeness (QED) is 0.822. The molecular weight excluding hydrogens is 222 g/mol. The van der Waals surface area contributed by atoms with E-state index in [0.717, 1.165) is 6.07 Å². The van der Waals surface area contributed by atoms with E-state index in [1.807, 2.05) is 0 Å². The molecule has 0 bridgehead atoms. The third kappa shape index (κ3) is 1.50. The normalized spacial score (nSPS) is 10.7. The number of halogens is 2. The second-order valence-electron chi connectivity index (χ2n) is 2.94. The van der Waals surface area contributed by atoms with Gasteiger partial charge in [-0.2, -0.15) is 0 Å². The molecule has 1 aromatic carbocycles. The number of rotatable bonds is 2. The molecule has 2 rings (SSSR count). The van der Waals surface area contributed by atoms with Gasteiger partial charge in [0.2, 0.25) is 0 Å². The van der Waals surface area contributed by atoms with Gasteiger partial charge in [-0.05, 0) is 12.1 Å². The van der Waals surface area contributed by atoms with Crippen LogP contribution in [0.5, 0.6) is 0 Å². The fourth-order valence-electron chi connectivity index (χ4n) is 1.26. The Balaban J connectivity index is 2.68. The summed E-state index contributed by atoms with van der Waals surface area (Å²) < 4.78 is 31.2. The maximum absolute atomic E-state index is 13.4. The lowest BCUT2D eigenvalue weighted by atomic mass is 10.2. The van der Waals surface area contributed by atoms with Crippen LogP contribution in [0.1, 0.15) is 0 Å². The van der Waals surface area contributed by atoms with Gasteiger partial charge in [-0.25, -0.2) is 18.1 Å². The summed E-state index contributed by atoms with van der Waals surface area (Å²) in [6, 6.07) is 3.41. The molecule has 0 atom stereocenters. The first-order valence-corrected chi connectivity index (χ1v) is 4.27. The van der Waals surface area contributed by atoms with Crippen LogP contribution in [0, 0.1) is 11.6 Å². The fraction of sp³-hybridized carbons (Fsp3) is 0.111. The highest BCUT2D eigenvalue weighted by Gasteiger charge is 2.17. The molecule has 0 saturated carbocycles. The molecule has 0 amide bonds. The Morgan fingerprint density at radius 3 is 2.88 bits per heavy atom. The standard InChI is InChI=1S/C9H6F2N2O3/c10-6-3-1-2-5(7(6)11)8-12-16-9(15)13(8)4-14/h1-3,14H,4H2. The summed E-state index contributed by atoms with van der Waals surface area (Å²) >= 11 is 0. The Morgan fingerprint density at radius 2 is 2.19 bits per heavy atom. The van der Waals surface area contributed by atoms with Crippen molar-refractivity contribution < 1.29 is 18.4 Å². The summed E-state index contributed by atoms with van der Waals surface area (Å²) in [6.07, 6.45) is 0. The molecule has 2 aromatic rings. The van der Waals surface area contributed by atoms with E-state index >= 15 is 0 Å². The van der Waals surface area contributed by atoms with Gasteiger partial charge < -0.3 is 5.11 Å². The van der Waals surface area contributed by atoms with Crippen molar-refractivity contribution in [1.29, 1.82) is 0 Å². The van der Waals surface area contributed by atoms with E-state index in [1.54, 1.807) is 0 Å². The van der Waals surface area contributed by atoms with E-state index in [0.29, 0.717) is 4.57 Å². The van der Waals surface area contributed by atoms with Crippen LogP contribution >= 0.6 is 0 Å². The highest BCUT2D eigenvalue weighted by molar-refractivity contribution is 5.55. The van der Waals surface area contributed by atoms with Crippen LogP contribution in [-0.4, -0.2) is 14.8 Å². The molecule has 84 valence electrons. The van der Waals surface area contributed by atoms with Crippen molar-refractivity contribution >= 4 is 0 Å². The average molecular weight is 228 g/mol. The predicted octanol–water partition coefficient (Wildman–Crippen LogP) is 0.731. The van der Waals surface area contributed by atoms with Crippen LogP contribution < -0.4 is 5.76 Å². The minimum atomic E-state index is -1.15. The third-order valence-corrected chi connectivity index (χ3v) is 2.02. The van der Waals surface area contributed by atoms with Gasteiger partial charge in [0.15, 0.2) is 17.5 Å². The van der Waals surface area contributed by atoms with Crippen molar-refractivity contribution in [3.05, 3.63) is 40.4 Å². The van der Waals surface area contributed by atoms with E-state index in [4.69, 9.17) is 5.11 Å². The molecule has 1 aromatic heterocycles. The molecule has 7 heteroatoms. The predicted molar refractivity (Wildman–Crippen MR) is 48.3 cm³/mol. The number of hydrogen-bond donors (Lipinski definition) is 1. The van der Waals surface area contributed by atoms with Crippen molar-refractivity contribution in [2.24, 2.45) is 0 Å². The van der Waals surface area contributed by atoms with E-state index in [9.17, 15) is 13.6 Å². The lowest BCUT2D eigenvalue weighted by Crippen LogP contribution is -2.15. The maximum Gasteiger partial charge on any atom is 0.443 e. The Morgan fingerprint density at radius 1 is 1.44 bits per heavy atom. The number of nitrogens with zero attached hydrogens (tertiary/aromatic N) is 2. The van der Waals surface area contributed by atoms with Crippen LogP contribution in [0.3, 0.4) is 0 Å². The van der Waals surface area contributed by atoms with Gasteiger partial charge in [0.1, 0.15) is 6.73 Å². The van der Waals surface area contributed by atoms with Gasteiger partial charge in [0.05, 0.1) is 5.56 Å². The molecule has 0 saturated heterocycles. The summed E-state index contributed by atoms with van der Waals surface area (Å²) in [4.78, 5) is 11.0. The second-order valence-corrected chi connectivity index (χ2v) is 2.94. The molecule has 1 heterocycles. The zero-order chi connectivity index (χ0) is 11.7. The molecule has 0 aliphatic heterocycles. The summed E-state index contributed by atoms with van der Waals surface area (Å²) in [5.74, 6) is -3.43. The Hall–Kier alpha value is -2.02. The molecule has 16 heavy (non-hydrogen) atoms. The van der Waals surface area contributed by atoms with Crippen LogP contribution in [0.4, 0.5) is 8.78 Å². The molecule has 0 radical (unpaired) electrons. The highest BCUT2D eigenvalue weighted by atomic mass is 19.2. The van der Waals surface area contributed by atoms with Gasteiger partial charge in [-0.15, -0.1) is 0 Å². The van der Waals surface area contributed by atoms with E-state index < -0.39 is 24.1 Å². The zero-order valence-corrected chi connectivity index (χ0v) is 7.85. The number of aromatic nitrogens is 2. The molecular formula is C9H6F2N2O3. The number of benzene rings is 1. The van der Waals surface area contributed by atoms with Gasteiger partial charge in [0, 0.05) is 0 Å². The maximum atomic E-state index is 13.4. The summed E-state index contributed by atoms with van der Waals surface area (Å²) in [5, 5.41) is 12.1. The SMILES string of the molecule is O=c1onc(-c2cccc(F)c2F)n1CO. The van der Waals surface area contributed by atoms with Crippen molar-refractivity contribution in [3.63, 3.8) is 0 Å². The van der Waals surface area contributed by atoms with Crippen LogP contribution in [0.15, 0.2) is 27.5 Å². The van der Waals surface area contributed by atoms with Crippen molar-refractivity contribution in [3.8, 4) is 11.4 Å². The van der Waals surface area contributed by atoms with E-state index in [2.05, 4.69) is 9.68 Å². The van der Waals surface area contributed by atoms with E-state index in [1.165, 1.54) is 12.1 Å². The Kier molecular flexibility index (Phi) is 2.53. The van der Waals surface area contributed by atoms with Crippen LogP contribution in [0.25, 0.3) is 11.4 Å². The molecule has 0 unspecified atom stereocenters. The first-order chi connectivity index (χ1) is 7.65. The van der Waals surface area contributed by atoms with Gasteiger partial charge >= 0.3 is 5.76 Å². The first kappa shape index (κ1) is 10.5. The van der Waals surface area contributed by atoms with Gasteiger partial charge in [-0.1, -0.05) is 11.2 Å². The minimum Gasteiger partial charge on any atom is -0.376 e. The molecule has 0 spiro atoms. The summed E-state index contributed by atoms with van der Waals surface area (Å²) in [7, 11) is 0. The number of aliphatic hydroxyl groups excluding tert-OH is 1. The second kappa shape index (κ2) is 3.86. The monoisotopic (exact) mass is 228 g/mol. The fourth-order valence-corrected chi connectivity index (χ4v) is 1.26. The molecule has 5 nitrogen and oxygen atoms in total. The molecule has 0 aliphatic rings. The van der Waals surface area contributed by atoms with Crippen molar-refractivity contribution in [1.82, 2.24) is 9.72 Å². The number of hydrogen-bond acceptors (Lipinski definition) is 4. The lowest BCUT2D eigenvalue weighted by molar-refractivity contribution is 0.200. The highest BCUT2D eigenvalue weighted by Crippen LogP contribution is 2.21. The first-order valence-electron chi connectivity index (χ1n) is 4.27. The molecule has 0 aliphatic carbocycles. The van der Waals surface area contributed by atoms with Gasteiger partial charge in [0.25, 0.3) is 0 Å².